The van der Waals surface area contributed by atoms with Crippen molar-refractivity contribution in [1.29, 1.82) is 0 Å². The molecule has 2 aromatic carbocycles. The van der Waals surface area contributed by atoms with Crippen LogP contribution in [0.3, 0.4) is 0 Å². The number of aryl methyl sites for hydroxylation is 1. The SMILES string of the molecule is CCc1cccc2c1N(CC(C)=O)C1CCN(CCCOc3ccc(Cl)cc3)CC21. The van der Waals surface area contributed by atoms with Crippen LogP contribution in [-0.4, -0.2) is 49.5 Å². The molecule has 0 aliphatic carbocycles. The highest BCUT2D eigenvalue weighted by Gasteiger charge is 2.42. The zero-order valence-corrected chi connectivity index (χ0v) is 18.7. The van der Waals surface area contributed by atoms with E-state index >= 15 is 0 Å². The lowest BCUT2D eigenvalue weighted by molar-refractivity contribution is -0.115. The highest BCUT2D eigenvalue weighted by molar-refractivity contribution is 6.30. The number of Topliss-reactive ketones (excluding diaryl/α,β-unsaturated/α-hetero) is 1. The normalized spacial score (nSPS) is 20.7. The van der Waals surface area contributed by atoms with Crippen LogP contribution >= 0.6 is 11.6 Å². The van der Waals surface area contributed by atoms with E-state index in [1.54, 1.807) is 6.92 Å². The minimum absolute atomic E-state index is 0.245. The fourth-order valence-electron chi connectivity index (χ4n) is 5.05. The van der Waals surface area contributed by atoms with Crippen LogP contribution in [0.2, 0.25) is 5.02 Å². The molecule has 0 radical (unpaired) electrons. The van der Waals surface area contributed by atoms with Gasteiger partial charge in [0.15, 0.2) is 0 Å². The average molecular weight is 427 g/mol. The number of carbonyl (C=O) groups excluding carboxylic acids is 1. The molecule has 0 amide bonds. The predicted molar refractivity (Wildman–Crippen MR) is 123 cm³/mol. The molecule has 0 N–H and O–H groups in total. The number of fused-ring (bicyclic) bond motifs is 3. The number of piperidine rings is 1. The van der Waals surface area contributed by atoms with Crippen LogP contribution in [0.25, 0.3) is 0 Å². The molecule has 2 aliphatic rings. The Bertz CT molecular complexity index is 883. The third kappa shape index (κ3) is 4.50. The van der Waals surface area contributed by atoms with Crippen molar-refractivity contribution in [2.24, 2.45) is 0 Å². The van der Waals surface area contributed by atoms with Gasteiger partial charge in [-0.2, -0.15) is 0 Å². The molecule has 2 atom stereocenters. The number of nitrogens with zero attached hydrogens (tertiary/aromatic N) is 2. The first-order valence-electron chi connectivity index (χ1n) is 11.1. The predicted octanol–water partition coefficient (Wildman–Crippen LogP) is 4.94. The van der Waals surface area contributed by atoms with Crippen molar-refractivity contribution in [2.75, 3.05) is 37.7 Å². The quantitative estimate of drug-likeness (QED) is 0.560. The largest absolute Gasteiger partial charge is 0.494 e. The van der Waals surface area contributed by atoms with Gasteiger partial charge in [-0.3, -0.25) is 4.79 Å². The summed E-state index contributed by atoms with van der Waals surface area (Å²) in [6.07, 6.45) is 3.11. The van der Waals surface area contributed by atoms with E-state index in [0.717, 1.165) is 49.7 Å². The van der Waals surface area contributed by atoms with Crippen molar-refractivity contribution < 1.29 is 9.53 Å². The van der Waals surface area contributed by atoms with Gasteiger partial charge < -0.3 is 14.5 Å². The first kappa shape index (κ1) is 21.2. The molecule has 4 nitrogen and oxygen atoms in total. The fraction of sp³-hybridized carbons (Fsp3) is 0.480. The van der Waals surface area contributed by atoms with E-state index in [4.69, 9.17) is 16.3 Å². The van der Waals surface area contributed by atoms with Crippen LogP contribution in [0.5, 0.6) is 5.75 Å². The van der Waals surface area contributed by atoms with E-state index in [2.05, 4.69) is 34.9 Å². The Morgan fingerprint density at radius 3 is 2.73 bits per heavy atom. The molecule has 0 bridgehead atoms. The van der Waals surface area contributed by atoms with Crippen LogP contribution < -0.4 is 9.64 Å². The summed E-state index contributed by atoms with van der Waals surface area (Å²) in [6.45, 7) is 8.31. The van der Waals surface area contributed by atoms with E-state index in [-0.39, 0.29) is 5.78 Å². The lowest BCUT2D eigenvalue weighted by atomic mass is 9.88. The number of ketones is 1. The number of benzene rings is 2. The summed E-state index contributed by atoms with van der Waals surface area (Å²) in [5.41, 5.74) is 4.13. The number of halogens is 1. The lowest BCUT2D eigenvalue weighted by Gasteiger charge is -2.39. The summed E-state index contributed by atoms with van der Waals surface area (Å²) >= 11 is 5.93. The van der Waals surface area contributed by atoms with E-state index in [1.165, 1.54) is 16.8 Å². The Kier molecular flexibility index (Phi) is 6.64. The number of rotatable bonds is 8. The van der Waals surface area contributed by atoms with E-state index in [1.807, 2.05) is 24.3 Å². The van der Waals surface area contributed by atoms with Crippen molar-refractivity contribution in [3.8, 4) is 5.75 Å². The highest BCUT2D eigenvalue weighted by atomic mass is 35.5. The average Bonchev–Trinajstić information content (AvgIpc) is 3.05. The first-order chi connectivity index (χ1) is 14.6. The van der Waals surface area contributed by atoms with Gasteiger partial charge in [0.25, 0.3) is 0 Å². The third-order valence-electron chi connectivity index (χ3n) is 6.37. The number of hydrogen-bond acceptors (Lipinski definition) is 4. The van der Waals surface area contributed by atoms with Crippen molar-refractivity contribution >= 4 is 23.1 Å². The third-order valence-corrected chi connectivity index (χ3v) is 6.63. The molecule has 2 heterocycles. The van der Waals surface area contributed by atoms with Gasteiger partial charge >= 0.3 is 0 Å². The minimum atomic E-state index is 0.245. The number of likely N-dealkylation sites (tertiary alicyclic amines) is 1. The summed E-state index contributed by atoms with van der Waals surface area (Å²) in [5.74, 6) is 1.60. The Labute approximate surface area is 184 Å². The maximum Gasteiger partial charge on any atom is 0.149 e. The van der Waals surface area contributed by atoms with Crippen molar-refractivity contribution in [2.45, 2.75) is 45.1 Å². The zero-order chi connectivity index (χ0) is 21.1. The summed E-state index contributed by atoms with van der Waals surface area (Å²) in [4.78, 5) is 17.0. The number of para-hydroxylation sites is 1. The van der Waals surface area contributed by atoms with Gasteiger partial charge in [0, 0.05) is 42.3 Å². The monoisotopic (exact) mass is 426 g/mol. The van der Waals surface area contributed by atoms with Crippen molar-refractivity contribution in [3.63, 3.8) is 0 Å². The second kappa shape index (κ2) is 9.40. The number of ether oxygens (including phenoxy) is 1. The Balaban J connectivity index is 1.38. The maximum absolute atomic E-state index is 12.0. The topological polar surface area (TPSA) is 32.8 Å². The smallest absolute Gasteiger partial charge is 0.149 e. The van der Waals surface area contributed by atoms with Gasteiger partial charge in [-0.25, -0.2) is 0 Å². The molecule has 2 aliphatic heterocycles. The lowest BCUT2D eigenvalue weighted by Crippen LogP contribution is -2.47. The molecule has 30 heavy (non-hydrogen) atoms. The molecule has 4 rings (SSSR count). The van der Waals surface area contributed by atoms with E-state index in [0.29, 0.717) is 25.1 Å². The Morgan fingerprint density at radius 2 is 2.00 bits per heavy atom. The Hall–Kier alpha value is -2.04. The number of hydrogen-bond donors (Lipinski definition) is 0. The molecule has 1 fully saturated rings. The van der Waals surface area contributed by atoms with Crippen LogP contribution in [-0.2, 0) is 11.2 Å². The number of anilines is 1. The van der Waals surface area contributed by atoms with E-state index in [9.17, 15) is 4.79 Å². The van der Waals surface area contributed by atoms with Gasteiger partial charge in [-0.05, 0) is 61.6 Å². The Morgan fingerprint density at radius 1 is 1.20 bits per heavy atom. The number of carbonyl (C=O) groups is 1. The standard InChI is InChI=1S/C25H31ClN2O2/c1-3-19-6-4-7-22-23-17-27(13-5-15-30-21-10-8-20(26)9-11-21)14-12-24(23)28(25(19)22)16-18(2)29/h4,6-11,23-24H,3,5,12-17H2,1-2H3. The van der Waals surface area contributed by atoms with Crippen molar-refractivity contribution in [1.82, 2.24) is 4.90 Å². The second-order valence-corrected chi connectivity index (χ2v) is 8.89. The maximum atomic E-state index is 12.0. The molecular formula is C25H31ClN2O2. The van der Waals surface area contributed by atoms with Gasteiger partial charge in [-0.1, -0.05) is 36.7 Å². The molecule has 0 aromatic heterocycles. The van der Waals surface area contributed by atoms with Gasteiger partial charge in [0.2, 0.25) is 0 Å². The summed E-state index contributed by atoms with van der Waals surface area (Å²) in [6, 6.07) is 14.7. The van der Waals surface area contributed by atoms with Crippen LogP contribution in [0, 0.1) is 0 Å². The molecular weight excluding hydrogens is 396 g/mol. The fourth-order valence-corrected chi connectivity index (χ4v) is 5.17. The van der Waals surface area contributed by atoms with Gasteiger partial charge in [-0.15, -0.1) is 0 Å². The van der Waals surface area contributed by atoms with Crippen LogP contribution in [0.1, 0.15) is 43.7 Å². The summed E-state index contributed by atoms with van der Waals surface area (Å²) in [7, 11) is 0. The molecule has 2 aromatic rings. The van der Waals surface area contributed by atoms with Crippen LogP contribution in [0.4, 0.5) is 5.69 Å². The van der Waals surface area contributed by atoms with E-state index < -0.39 is 0 Å². The summed E-state index contributed by atoms with van der Waals surface area (Å²) in [5, 5.41) is 0.729. The van der Waals surface area contributed by atoms with Gasteiger partial charge in [0.1, 0.15) is 11.5 Å². The second-order valence-electron chi connectivity index (χ2n) is 8.46. The highest BCUT2D eigenvalue weighted by Crippen LogP contribution is 2.46. The molecule has 1 saturated heterocycles. The molecule has 2 unspecified atom stereocenters. The molecule has 0 spiro atoms. The first-order valence-corrected chi connectivity index (χ1v) is 11.4. The molecule has 0 saturated carbocycles. The molecule has 5 heteroatoms. The van der Waals surface area contributed by atoms with Crippen molar-refractivity contribution in [3.05, 3.63) is 58.6 Å². The molecule has 160 valence electrons. The van der Waals surface area contributed by atoms with Gasteiger partial charge in [0.05, 0.1) is 13.2 Å². The summed E-state index contributed by atoms with van der Waals surface area (Å²) < 4.78 is 5.86. The minimum Gasteiger partial charge on any atom is -0.494 e. The van der Waals surface area contributed by atoms with Crippen LogP contribution in [0.15, 0.2) is 42.5 Å². The zero-order valence-electron chi connectivity index (χ0n) is 17.9.